The highest BCUT2D eigenvalue weighted by Crippen LogP contribution is 2.26. The lowest BCUT2D eigenvalue weighted by molar-refractivity contribution is -0.139. The molecule has 0 saturated carbocycles. The summed E-state index contributed by atoms with van der Waals surface area (Å²) in [7, 11) is -4.11. The number of aryl methyl sites for hydroxylation is 2. The van der Waals surface area contributed by atoms with Gasteiger partial charge in [0.1, 0.15) is 12.6 Å². The summed E-state index contributed by atoms with van der Waals surface area (Å²) in [5, 5.41) is 3.33. The first-order chi connectivity index (χ1) is 18.5. The van der Waals surface area contributed by atoms with Crippen molar-refractivity contribution in [1.82, 2.24) is 10.2 Å². The number of hydrogen-bond donors (Lipinski definition) is 1. The summed E-state index contributed by atoms with van der Waals surface area (Å²) in [4.78, 5) is 28.4. The minimum absolute atomic E-state index is 0.0614. The summed E-state index contributed by atoms with van der Waals surface area (Å²) in [6.45, 7) is 7.70. The first-order valence-electron chi connectivity index (χ1n) is 13.0. The van der Waals surface area contributed by atoms with Crippen LogP contribution < -0.4 is 9.62 Å². The molecule has 1 N–H and O–H groups in total. The van der Waals surface area contributed by atoms with Gasteiger partial charge < -0.3 is 10.2 Å². The number of anilines is 1. The van der Waals surface area contributed by atoms with Gasteiger partial charge >= 0.3 is 0 Å². The summed E-state index contributed by atoms with van der Waals surface area (Å²) in [6.07, 6.45) is 1.75. The molecule has 0 radical (unpaired) electrons. The van der Waals surface area contributed by atoms with Gasteiger partial charge in [0.25, 0.3) is 10.0 Å². The summed E-state index contributed by atoms with van der Waals surface area (Å²) < 4.78 is 28.7. The molecule has 9 heteroatoms. The summed E-state index contributed by atoms with van der Waals surface area (Å²) in [5.74, 6) is -0.789. The van der Waals surface area contributed by atoms with Gasteiger partial charge in [-0.25, -0.2) is 8.42 Å². The maximum absolute atomic E-state index is 13.9. The van der Waals surface area contributed by atoms with E-state index in [0.717, 1.165) is 33.8 Å². The van der Waals surface area contributed by atoms with Gasteiger partial charge in [-0.3, -0.25) is 13.9 Å². The number of amides is 2. The number of sulfonamides is 1. The summed E-state index contributed by atoms with van der Waals surface area (Å²) >= 11 is 6.06. The fourth-order valence-corrected chi connectivity index (χ4v) is 5.52. The van der Waals surface area contributed by atoms with Gasteiger partial charge in [0.2, 0.25) is 11.8 Å². The fraction of sp³-hybridized carbons (Fsp3) is 0.333. The molecule has 0 aliphatic carbocycles. The van der Waals surface area contributed by atoms with E-state index in [9.17, 15) is 18.0 Å². The molecule has 208 valence electrons. The van der Waals surface area contributed by atoms with E-state index in [-0.39, 0.29) is 17.3 Å². The number of nitrogens with one attached hydrogen (secondary N) is 1. The Balaban J connectivity index is 1.98. The number of halogens is 1. The molecule has 0 aliphatic rings. The van der Waals surface area contributed by atoms with Crippen LogP contribution in [-0.4, -0.2) is 44.3 Å². The van der Waals surface area contributed by atoms with Crippen molar-refractivity contribution in [2.24, 2.45) is 0 Å². The third-order valence-electron chi connectivity index (χ3n) is 6.47. The van der Waals surface area contributed by atoms with Crippen molar-refractivity contribution in [1.29, 1.82) is 0 Å². The molecule has 0 aliphatic heterocycles. The second-order valence-corrected chi connectivity index (χ2v) is 11.9. The molecule has 0 saturated heterocycles. The number of hydrogen-bond acceptors (Lipinski definition) is 4. The van der Waals surface area contributed by atoms with E-state index in [0.29, 0.717) is 17.3 Å². The van der Waals surface area contributed by atoms with E-state index in [1.165, 1.54) is 17.0 Å². The Labute approximate surface area is 236 Å². The van der Waals surface area contributed by atoms with Crippen molar-refractivity contribution < 1.29 is 18.0 Å². The lowest BCUT2D eigenvalue weighted by atomic mass is 10.1. The van der Waals surface area contributed by atoms with Gasteiger partial charge in [-0.2, -0.15) is 0 Å². The molecule has 7 nitrogen and oxygen atoms in total. The Hall–Kier alpha value is -3.36. The molecule has 1 atom stereocenters. The van der Waals surface area contributed by atoms with Crippen molar-refractivity contribution in [2.45, 2.75) is 58.0 Å². The average Bonchev–Trinajstić information content (AvgIpc) is 2.91. The second kappa shape index (κ2) is 13.6. The van der Waals surface area contributed by atoms with E-state index in [1.54, 1.807) is 43.3 Å². The van der Waals surface area contributed by atoms with Gasteiger partial charge in [0.15, 0.2) is 0 Å². The highest BCUT2D eigenvalue weighted by molar-refractivity contribution is 7.92. The van der Waals surface area contributed by atoms with E-state index in [1.807, 2.05) is 45.0 Å². The van der Waals surface area contributed by atoms with Gasteiger partial charge in [-0.05, 0) is 69.2 Å². The van der Waals surface area contributed by atoms with Gasteiger partial charge in [-0.15, -0.1) is 0 Å². The smallest absolute Gasteiger partial charge is 0.264 e. The Morgan fingerprint density at radius 2 is 1.46 bits per heavy atom. The van der Waals surface area contributed by atoms with Crippen molar-refractivity contribution in [3.8, 4) is 0 Å². The van der Waals surface area contributed by atoms with Crippen LogP contribution in [0.2, 0.25) is 5.02 Å². The van der Waals surface area contributed by atoms with Crippen LogP contribution in [0, 0.1) is 13.8 Å². The van der Waals surface area contributed by atoms with Crippen LogP contribution in [0.15, 0.2) is 77.7 Å². The number of unbranched alkanes of at least 4 members (excludes halogenated alkanes) is 1. The average molecular weight is 570 g/mol. The number of carbonyl (C=O) groups excluding carboxylic acids is 2. The first kappa shape index (κ1) is 30.2. The standard InChI is InChI=1S/C30H36ClN3O4S/c1-5-6-19-32-30(36)24(4)33(20-25-11-7-22(2)8-12-25)29(35)21-34(27-15-13-26(31)14-16-27)39(37,38)28-17-9-23(3)10-18-28/h7-18,24H,5-6,19-21H2,1-4H3,(H,32,36)/t24-/m0/s1. The number of nitrogens with zero attached hydrogens (tertiary/aromatic N) is 2. The predicted molar refractivity (Wildman–Crippen MR) is 156 cm³/mol. The first-order valence-corrected chi connectivity index (χ1v) is 14.8. The van der Waals surface area contributed by atoms with Crippen molar-refractivity contribution >= 4 is 39.1 Å². The minimum atomic E-state index is -4.11. The zero-order valence-corrected chi connectivity index (χ0v) is 24.4. The maximum atomic E-state index is 13.9. The van der Waals surface area contributed by atoms with Crippen LogP contribution >= 0.6 is 11.6 Å². The van der Waals surface area contributed by atoms with Crippen LogP contribution in [0.1, 0.15) is 43.4 Å². The Kier molecular flexibility index (Phi) is 10.5. The molecule has 0 unspecified atom stereocenters. The second-order valence-electron chi connectivity index (χ2n) is 9.63. The molecule has 0 bridgehead atoms. The van der Waals surface area contributed by atoms with Crippen LogP contribution in [0.3, 0.4) is 0 Å². The fourth-order valence-electron chi connectivity index (χ4n) is 3.98. The Bertz CT molecular complexity index is 1360. The molecular weight excluding hydrogens is 534 g/mol. The molecule has 39 heavy (non-hydrogen) atoms. The third-order valence-corrected chi connectivity index (χ3v) is 8.51. The zero-order valence-electron chi connectivity index (χ0n) is 22.9. The lowest BCUT2D eigenvalue weighted by Crippen LogP contribution is -2.51. The molecule has 0 aromatic heterocycles. The van der Waals surface area contributed by atoms with Crippen LogP contribution in [-0.2, 0) is 26.2 Å². The maximum Gasteiger partial charge on any atom is 0.264 e. The van der Waals surface area contributed by atoms with Crippen LogP contribution in [0.5, 0.6) is 0 Å². The molecule has 3 aromatic rings. The van der Waals surface area contributed by atoms with Crippen molar-refractivity contribution in [3.05, 3.63) is 94.5 Å². The van der Waals surface area contributed by atoms with Crippen LogP contribution in [0.4, 0.5) is 5.69 Å². The van der Waals surface area contributed by atoms with E-state index in [4.69, 9.17) is 11.6 Å². The van der Waals surface area contributed by atoms with Crippen molar-refractivity contribution in [2.75, 3.05) is 17.4 Å². The summed E-state index contributed by atoms with van der Waals surface area (Å²) in [5.41, 5.74) is 3.11. The molecule has 3 rings (SSSR count). The van der Waals surface area contributed by atoms with E-state index < -0.39 is 28.5 Å². The Morgan fingerprint density at radius 3 is 2.03 bits per heavy atom. The molecular formula is C30H36ClN3O4S. The topological polar surface area (TPSA) is 86.8 Å². The Morgan fingerprint density at radius 1 is 0.897 bits per heavy atom. The zero-order chi connectivity index (χ0) is 28.6. The largest absolute Gasteiger partial charge is 0.354 e. The molecule has 3 aromatic carbocycles. The molecule has 0 heterocycles. The van der Waals surface area contributed by atoms with Gasteiger partial charge in [0.05, 0.1) is 10.6 Å². The monoisotopic (exact) mass is 569 g/mol. The highest BCUT2D eigenvalue weighted by atomic mass is 35.5. The molecule has 0 spiro atoms. The predicted octanol–water partition coefficient (Wildman–Crippen LogP) is 5.49. The number of carbonyl (C=O) groups is 2. The molecule has 0 fully saturated rings. The van der Waals surface area contributed by atoms with Gasteiger partial charge in [0, 0.05) is 18.1 Å². The molecule has 2 amide bonds. The van der Waals surface area contributed by atoms with Crippen molar-refractivity contribution in [3.63, 3.8) is 0 Å². The normalized spacial score (nSPS) is 12.0. The highest BCUT2D eigenvalue weighted by Gasteiger charge is 2.32. The number of rotatable bonds is 12. The van der Waals surface area contributed by atoms with E-state index >= 15 is 0 Å². The van der Waals surface area contributed by atoms with Gasteiger partial charge in [-0.1, -0.05) is 72.5 Å². The lowest BCUT2D eigenvalue weighted by Gasteiger charge is -2.32. The summed E-state index contributed by atoms with van der Waals surface area (Å²) in [6, 6.07) is 19.6. The minimum Gasteiger partial charge on any atom is -0.354 e. The SMILES string of the molecule is CCCCNC(=O)[C@H](C)N(Cc1ccc(C)cc1)C(=O)CN(c1ccc(Cl)cc1)S(=O)(=O)c1ccc(C)cc1. The quantitative estimate of drug-likeness (QED) is 0.292. The number of benzene rings is 3. The third kappa shape index (κ3) is 8.07. The van der Waals surface area contributed by atoms with E-state index in [2.05, 4.69) is 5.32 Å². The van der Waals surface area contributed by atoms with Crippen LogP contribution in [0.25, 0.3) is 0 Å².